The number of carbonyl (C=O) groups is 1. The highest BCUT2D eigenvalue weighted by Crippen LogP contribution is 2.12. The summed E-state index contributed by atoms with van der Waals surface area (Å²) in [5.41, 5.74) is 3.22. The lowest BCUT2D eigenvalue weighted by Crippen LogP contribution is -2.29. The molecule has 0 aliphatic heterocycles. The quantitative estimate of drug-likeness (QED) is 0.813. The molecule has 0 saturated carbocycles. The zero-order chi connectivity index (χ0) is 14.5. The van der Waals surface area contributed by atoms with Gasteiger partial charge in [0.05, 0.1) is 5.69 Å². The molecule has 0 saturated heterocycles. The van der Waals surface area contributed by atoms with Gasteiger partial charge in [0.15, 0.2) is 0 Å². The molecule has 0 radical (unpaired) electrons. The summed E-state index contributed by atoms with van der Waals surface area (Å²) in [5, 5.41) is 9.85. The average molecular weight is 274 g/mol. The molecule has 6 nitrogen and oxygen atoms in total. The fourth-order valence-electron chi connectivity index (χ4n) is 1.94. The molecule has 0 aliphatic carbocycles. The highest BCUT2D eigenvalue weighted by Gasteiger charge is 2.16. The van der Waals surface area contributed by atoms with Gasteiger partial charge in [-0.3, -0.25) is 9.78 Å². The van der Waals surface area contributed by atoms with Crippen molar-refractivity contribution < 1.29 is 9.32 Å². The molecule has 0 fully saturated rings. The van der Waals surface area contributed by atoms with E-state index in [-0.39, 0.29) is 5.91 Å². The first-order chi connectivity index (χ1) is 9.59. The van der Waals surface area contributed by atoms with Crippen molar-refractivity contribution in [3.63, 3.8) is 0 Å². The molecule has 0 aliphatic rings. The molecule has 1 amide bonds. The maximum absolute atomic E-state index is 12.0. The van der Waals surface area contributed by atoms with Crippen LogP contribution >= 0.6 is 0 Å². The number of rotatable bonds is 5. The van der Waals surface area contributed by atoms with Crippen molar-refractivity contribution in [2.75, 3.05) is 18.4 Å². The molecule has 2 rings (SSSR count). The summed E-state index contributed by atoms with van der Waals surface area (Å²) in [6, 6.07) is 1.91. The van der Waals surface area contributed by atoms with Gasteiger partial charge in [-0.05, 0) is 32.4 Å². The van der Waals surface area contributed by atoms with Crippen LogP contribution < -0.4 is 10.6 Å². The molecule has 6 heteroatoms. The summed E-state index contributed by atoms with van der Waals surface area (Å²) in [6.45, 7) is 6.62. The van der Waals surface area contributed by atoms with Crippen molar-refractivity contribution in [3.8, 4) is 0 Å². The zero-order valence-electron chi connectivity index (χ0n) is 11.9. The number of carbonyl (C=O) groups excluding carboxylic acids is 1. The van der Waals surface area contributed by atoms with Crippen molar-refractivity contribution in [1.82, 2.24) is 15.5 Å². The second-order valence-electron chi connectivity index (χ2n) is 4.57. The number of hydrogen-bond acceptors (Lipinski definition) is 5. The van der Waals surface area contributed by atoms with Crippen molar-refractivity contribution >= 4 is 11.6 Å². The number of anilines is 1. The topological polar surface area (TPSA) is 80.0 Å². The predicted octanol–water partition coefficient (Wildman–Crippen LogP) is 1.84. The molecule has 2 N–H and O–H groups in total. The smallest absolute Gasteiger partial charge is 0.256 e. The molecule has 0 unspecified atom stereocenters. The van der Waals surface area contributed by atoms with Crippen LogP contribution in [0.2, 0.25) is 0 Å². The number of pyridine rings is 1. The van der Waals surface area contributed by atoms with E-state index in [1.54, 1.807) is 26.2 Å². The maximum atomic E-state index is 12.0. The van der Waals surface area contributed by atoms with E-state index in [2.05, 4.69) is 20.8 Å². The first-order valence-electron chi connectivity index (χ1n) is 6.45. The Balaban J connectivity index is 1.82. The van der Waals surface area contributed by atoms with Crippen LogP contribution in [0, 0.1) is 20.8 Å². The third-order valence-corrected chi connectivity index (χ3v) is 3.01. The first kappa shape index (κ1) is 14.0. The third kappa shape index (κ3) is 3.14. The minimum absolute atomic E-state index is 0.158. The zero-order valence-corrected chi connectivity index (χ0v) is 11.9. The van der Waals surface area contributed by atoms with E-state index in [9.17, 15) is 4.79 Å². The molecular weight excluding hydrogens is 256 g/mol. The van der Waals surface area contributed by atoms with Gasteiger partial charge in [-0.2, -0.15) is 0 Å². The number of aromatic nitrogens is 2. The van der Waals surface area contributed by atoms with Gasteiger partial charge < -0.3 is 15.2 Å². The summed E-state index contributed by atoms with van der Waals surface area (Å²) in [4.78, 5) is 16.0. The average Bonchev–Trinajstić information content (AvgIpc) is 2.76. The van der Waals surface area contributed by atoms with Crippen LogP contribution in [0.15, 0.2) is 23.0 Å². The van der Waals surface area contributed by atoms with Gasteiger partial charge in [0.1, 0.15) is 11.3 Å². The molecule has 0 atom stereocenters. The summed E-state index contributed by atoms with van der Waals surface area (Å²) < 4.78 is 4.97. The fourth-order valence-corrected chi connectivity index (χ4v) is 1.94. The summed E-state index contributed by atoms with van der Waals surface area (Å²) in [7, 11) is 0. The molecule has 20 heavy (non-hydrogen) atoms. The lowest BCUT2D eigenvalue weighted by atomic mass is 10.2. The standard InChI is InChI=1S/C14H18N4O2/c1-9-8-15-5-4-12(9)16-6-7-17-14(19)13-10(2)18-20-11(13)3/h4-5,8H,6-7H2,1-3H3,(H,15,16)(H,17,19). The van der Waals surface area contributed by atoms with Gasteiger partial charge in [-0.15, -0.1) is 0 Å². The number of nitrogens with zero attached hydrogens (tertiary/aromatic N) is 2. The van der Waals surface area contributed by atoms with Crippen LogP contribution in [0.5, 0.6) is 0 Å². The van der Waals surface area contributed by atoms with E-state index < -0.39 is 0 Å². The molecule has 0 bridgehead atoms. The lowest BCUT2D eigenvalue weighted by Gasteiger charge is -2.09. The molecule has 2 aromatic heterocycles. The fraction of sp³-hybridized carbons (Fsp3) is 0.357. The van der Waals surface area contributed by atoms with E-state index in [1.807, 2.05) is 13.0 Å². The second kappa shape index (κ2) is 6.18. The number of nitrogens with one attached hydrogen (secondary N) is 2. The summed E-state index contributed by atoms with van der Waals surface area (Å²) in [6.07, 6.45) is 3.53. The van der Waals surface area contributed by atoms with Crippen LogP contribution in [0.3, 0.4) is 0 Å². The monoisotopic (exact) mass is 274 g/mol. The van der Waals surface area contributed by atoms with Gasteiger partial charge in [-0.1, -0.05) is 5.16 Å². The normalized spacial score (nSPS) is 10.3. The van der Waals surface area contributed by atoms with Gasteiger partial charge in [0.2, 0.25) is 0 Å². The van der Waals surface area contributed by atoms with Crippen LogP contribution in [0.4, 0.5) is 5.69 Å². The van der Waals surface area contributed by atoms with Gasteiger partial charge in [-0.25, -0.2) is 0 Å². The van der Waals surface area contributed by atoms with Crippen molar-refractivity contribution in [3.05, 3.63) is 41.0 Å². The Morgan fingerprint density at radius 1 is 1.30 bits per heavy atom. The molecule has 0 spiro atoms. The van der Waals surface area contributed by atoms with E-state index in [4.69, 9.17) is 4.52 Å². The Morgan fingerprint density at radius 3 is 2.75 bits per heavy atom. The number of aryl methyl sites for hydroxylation is 3. The number of hydrogen-bond donors (Lipinski definition) is 2. The van der Waals surface area contributed by atoms with Crippen LogP contribution in [-0.2, 0) is 0 Å². The minimum Gasteiger partial charge on any atom is -0.383 e. The van der Waals surface area contributed by atoms with Crippen molar-refractivity contribution in [2.45, 2.75) is 20.8 Å². The van der Waals surface area contributed by atoms with E-state index in [0.717, 1.165) is 11.3 Å². The third-order valence-electron chi connectivity index (χ3n) is 3.01. The molecule has 0 aromatic carbocycles. The first-order valence-corrected chi connectivity index (χ1v) is 6.45. The maximum Gasteiger partial charge on any atom is 0.256 e. The SMILES string of the molecule is Cc1cnccc1NCCNC(=O)c1c(C)noc1C. The highest BCUT2D eigenvalue weighted by molar-refractivity contribution is 5.96. The van der Waals surface area contributed by atoms with Gasteiger partial charge in [0.25, 0.3) is 5.91 Å². The molecule has 2 aromatic rings. The molecular formula is C14H18N4O2. The second-order valence-corrected chi connectivity index (χ2v) is 4.57. The Hall–Kier alpha value is -2.37. The van der Waals surface area contributed by atoms with E-state index in [1.165, 1.54) is 0 Å². The van der Waals surface area contributed by atoms with Crippen molar-refractivity contribution in [2.24, 2.45) is 0 Å². The minimum atomic E-state index is -0.158. The molecule has 106 valence electrons. The van der Waals surface area contributed by atoms with Crippen LogP contribution in [-0.4, -0.2) is 29.1 Å². The Morgan fingerprint density at radius 2 is 2.10 bits per heavy atom. The lowest BCUT2D eigenvalue weighted by molar-refractivity contribution is 0.0953. The predicted molar refractivity (Wildman–Crippen MR) is 75.8 cm³/mol. The molecule has 2 heterocycles. The summed E-state index contributed by atoms with van der Waals surface area (Å²) >= 11 is 0. The van der Waals surface area contributed by atoms with Gasteiger partial charge >= 0.3 is 0 Å². The largest absolute Gasteiger partial charge is 0.383 e. The summed E-state index contributed by atoms with van der Waals surface area (Å²) in [5.74, 6) is 0.382. The Bertz CT molecular complexity index is 587. The van der Waals surface area contributed by atoms with E-state index >= 15 is 0 Å². The van der Waals surface area contributed by atoms with Crippen LogP contribution in [0.1, 0.15) is 27.4 Å². The van der Waals surface area contributed by atoms with E-state index in [0.29, 0.717) is 30.1 Å². The van der Waals surface area contributed by atoms with Crippen LogP contribution in [0.25, 0.3) is 0 Å². The highest BCUT2D eigenvalue weighted by atomic mass is 16.5. The van der Waals surface area contributed by atoms with Gasteiger partial charge in [0, 0.05) is 31.2 Å². The number of amides is 1. The van der Waals surface area contributed by atoms with Crippen molar-refractivity contribution in [1.29, 1.82) is 0 Å². The Labute approximate surface area is 117 Å². The Kier molecular flexibility index (Phi) is 4.34.